The predicted octanol–water partition coefficient (Wildman–Crippen LogP) is 3.60. The molecule has 0 aliphatic heterocycles. The number of aromatic nitrogens is 2. The minimum absolute atomic E-state index is 0. The van der Waals surface area contributed by atoms with Gasteiger partial charge in [-0.15, -0.1) is 12.4 Å². The van der Waals surface area contributed by atoms with Crippen LogP contribution < -0.4 is 4.74 Å². The zero-order valence-corrected chi connectivity index (χ0v) is 13.9. The van der Waals surface area contributed by atoms with E-state index in [2.05, 4.69) is 9.97 Å². The molecular formula is C16H13ClN2O4S. The number of hydrogen-bond acceptors (Lipinski definition) is 5. The Morgan fingerprint density at radius 3 is 1.83 bits per heavy atom. The molecule has 1 aromatic heterocycles. The third kappa shape index (κ3) is 4.29. The quantitative estimate of drug-likeness (QED) is 0.711. The summed E-state index contributed by atoms with van der Waals surface area (Å²) in [5.74, 6) is 1.67. The second-order valence-corrected chi connectivity index (χ2v) is 6.07. The van der Waals surface area contributed by atoms with Crippen molar-refractivity contribution < 1.29 is 17.7 Å². The molecule has 0 amide bonds. The minimum Gasteiger partial charge on any atom is -0.457 e. The molecule has 1 N–H and O–H groups in total. The lowest BCUT2D eigenvalue weighted by Gasteiger charge is -2.07. The number of hydrogen-bond donors (Lipinski definition) is 1. The molecule has 0 unspecified atom stereocenters. The van der Waals surface area contributed by atoms with Crippen molar-refractivity contribution in [2.24, 2.45) is 0 Å². The summed E-state index contributed by atoms with van der Waals surface area (Å²) in [7, 11) is -4.20. The van der Waals surface area contributed by atoms with Crippen LogP contribution in [0.4, 0.5) is 0 Å². The number of ether oxygens (including phenoxy) is 1. The summed E-state index contributed by atoms with van der Waals surface area (Å²) in [4.78, 5) is 8.15. The highest BCUT2D eigenvalue weighted by atomic mass is 35.5. The van der Waals surface area contributed by atoms with Crippen molar-refractivity contribution in [3.63, 3.8) is 0 Å². The van der Waals surface area contributed by atoms with Gasteiger partial charge in [-0.3, -0.25) is 4.55 Å². The molecule has 1 heterocycles. The fraction of sp³-hybridized carbons (Fsp3) is 0. The summed E-state index contributed by atoms with van der Waals surface area (Å²) < 4.78 is 36.5. The molecule has 0 radical (unpaired) electrons. The van der Waals surface area contributed by atoms with E-state index in [4.69, 9.17) is 9.29 Å². The van der Waals surface area contributed by atoms with Gasteiger partial charge >= 0.3 is 0 Å². The first-order valence-electron chi connectivity index (χ1n) is 6.65. The van der Waals surface area contributed by atoms with E-state index >= 15 is 0 Å². The fourth-order valence-electron chi connectivity index (χ4n) is 1.94. The van der Waals surface area contributed by atoms with Crippen LogP contribution in [0.2, 0.25) is 0 Å². The van der Waals surface area contributed by atoms with Gasteiger partial charge in [-0.2, -0.15) is 8.42 Å². The van der Waals surface area contributed by atoms with E-state index in [1.165, 1.54) is 24.3 Å². The highest BCUT2D eigenvalue weighted by Crippen LogP contribution is 2.25. The van der Waals surface area contributed by atoms with Crippen molar-refractivity contribution in [3.8, 4) is 22.9 Å². The summed E-state index contributed by atoms with van der Waals surface area (Å²) >= 11 is 0. The fourth-order valence-corrected chi connectivity index (χ4v) is 2.42. The molecule has 6 nitrogen and oxygen atoms in total. The van der Waals surface area contributed by atoms with Crippen LogP contribution in [-0.2, 0) is 10.1 Å². The Bertz CT molecular complexity index is 899. The standard InChI is InChI=1S/C16H12N2O4S.ClH/c19-23(20,21)15-8-6-14(7-9-15)22-13-4-2-12(3-5-13)16-17-10-1-11-18-16;/h1-11H,(H,19,20,21);1H. The van der Waals surface area contributed by atoms with Crippen molar-refractivity contribution in [2.45, 2.75) is 4.90 Å². The SMILES string of the molecule is Cl.O=S(=O)(O)c1ccc(Oc2ccc(-c3ncccn3)cc2)cc1. The molecule has 8 heteroatoms. The van der Waals surface area contributed by atoms with Crippen LogP contribution in [0, 0.1) is 0 Å². The Morgan fingerprint density at radius 1 is 0.833 bits per heavy atom. The van der Waals surface area contributed by atoms with Gasteiger partial charge in [0.25, 0.3) is 10.1 Å². The first-order chi connectivity index (χ1) is 11.0. The molecule has 3 aromatic rings. The van der Waals surface area contributed by atoms with E-state index in [0.717, 1.165) is 5.56 Å². The van der Waals surface area contributed by atoms with Crippen LogP contribution in [0.1, 0.15) is 0 Å². The molecule has 0 aliphatic carbocycles. The molecule has 0 fully saturated rings. The van der Waals surface area contributed by atoms with Gasteiger partial charge in [0.15, 0.2) is 5.82 Å². The third-order valence-electron chi connectivity index (χ3n) is 3.04. The van der Waals surface area contributed by atoms with Gasteiger partial charge in [0.1, 0.15) is 11.5 Å². The Kier molecular flexibility index (Phi) is 5.50. The highest BCUT2D eigenvalue weighted by Gasteiger charge is 2.09. The zero-order valence-electron chi connectivity index (χ0n) is 12.2. The van der Waals surface area contributed by atoms with Crippen molar-refractivity contribution in [3.05, 3.63) is 67.0 Å². The molecule has 3 rings (SSSR count). The van der Waals surface area contributed by atoms with E-state index in [9.17, 15) is 8.42 Å². The summed E-state index contributed by atoms with van der Waals surface area (Å²) in [6.45, 7) is 0. The molecule has 0 saturated heterocycles. The van der Waals surface area contributed by atoms with Crippen molar-refractivity contribution >= 4 is 22.5 Å². The second-order valence-electron chi connectivity index (χ2n) is 4.65. The Balaban J connectivity index is 0.00000208. The van der Waals surface area contributed by atoms with E-state index in [0.29, 0.717) is 17.3 Å². The topological polar surface area (TPSA) is 89.4 Å². The zero-order chi connectivity index (χ0) is 16.3. The molecular weight excluding hydrogens is 352 g/mol. The van der Waals surface area contributed by atoms with Crippen LogP contribution in [0.3, 0.4) is 0 Å². The average molecular weight is 365 g/mol. The predicted molar refractivity (Wildman–Crippen MR) is 91.0 cm³/mol. The second kappa shape index (κ2) is 7.39. The van der Waals surface area contributed by atoms with Gasteiger partial charge in [-0.05, 0) is 54.6 Å². The summed E-state index contributed by atoms with van der Waals surface area (Å²) in [5, 5.41) is 0. The first kappa shape index (κ1) is 17.9. The lowest BCUT2D eigenvalue weighted by atomic mass is 10.2. The maximum Gasteiger partial charge on any atom is 0.294 e. The van der Waals surface area contributed by atoms with Crippen LogP contribution >= 0.6 is 12.4 Å². The van der Waals surface area contributed by atoms with Crippen molar-refractivity contribution in [1.82, 2.24) is 9.97 Å². The lowest BCUT2D eigenvalue weighted by molar-refractivity contribution is 0.478. The Labute approximate surface area is 145 Å². The first-order valence-corrected chi connectivity index (χ1v) is 8.09. The summed E-state index contributed by atoms with van der Waals surface area (Å²) in [6, 6.07) is 14.4. The van der Waals surface area contributed by atoms with Gasteiger partial charge in [0.05, 0.1) is 4.90 Å². The molecule has 124 valence electrons. The number of halogens is 1. The highest BCUT2D eigenvalue weighted by molar-refractivity contribution is 7.85. The van der Waals surface area contributed by atoms with Crippen LogP contribution in [0.15, 0.2) is 71.9 Å². The molecule has 2 aromatic carbocycles. The van der Waals surface area contributed by atoms with E-state index in [-0.39, 0.29) is 17.3 Å². The molecule has 0 saturated carbocycles. The molecule has 0 aliphatic rings. The van der Waals surface area contributed by atoms with Gasteiger partial charge in [-0.1, -0.05) is 0 Å². The Morgan fingerprint density at radius 2 is 1.33 bits per heavy atom. The number of benzene rings is 2. The van der Waals surface area contributed by atoms with Gasteiger partial charge in [0.2, 0.25) is 0 Å². The average Bonchev–Trinajstić information content (AvgIpc) is 2.56. The molecule has 0 bridgehead atoms. The molecule has 0 spiro atoms. The van der Waals surface area contributed by atoms with Gasteiger partial charge in [-0.25, -0.2) is 9.97 Å². The van der Waals surface area contributed by atoms with Crippen molar-refractivity contribution in [2.75, 3.05) is 0 Å². The number of rotatable bonds is 4. The maximum absolute atomic E-state index is 11.0. The summed E-state index contributed by atoms with van der Waals surface area (Å²) in [5.41, 5.74) is 0.861. The summed E-state index contributed by atoms with van der Waals surface area (Å²) in [6.07, 6.45) is 3.34. The third-order valence-corrected chi connectivity index (χ3v) is 3.90. The number of nitrogens with zero attached hydrogens (tertiary/aromatic N) is 2. The van der Waals surface area contributed by atoms with Crippen LogP contribution in [0.5, 0.6) is 11.5 Å². The Hall–Kier alpha value is -2.48. The normalized spacial score (nSPS) is 10.7. The maximum atomic E-state index is 11.0. The minimum atomic E-state index is -4.20. The molecule has 0 atom stereocenters. The largest absolute Gasteiger partial charge is 0.457 e. The molecule has 24 heavy (non-hydrogen) atoms. The van der Waals surface area contributed by atoms with E-state index in [1.54, 1.807) is 30.6 Å². The van der Waals surface area contributed by atoms with E-state index in [1.807, 2.05) is 12.1 Å². The van der Waals surface area contributed by atoms with Crippen molar-refractivity contribution in [1.29, 1.82) is 0 Å². The smallest absolute Gasteiger partial charge is 0.294 e. The lowest BCUT2D eigenvalue weighted by Crippen LogP contribution is -1.97. The van der Waals surface area contributed by atoms with Gasteiger partial charge in [0, 0.05) is 18.0 Å². The van der Waals surface area contributed by atoms with Crippen LogP contribution in [0.25, 0.3) is 11.4 Å². The van der Waals surface area contributed by atoms with E-state index < -0.39 is 10.1 Å². The van der Waals surface area contributed by atoms with Crippen LogP contribution in [-0.4, -0.2) is 22.9 Å². The monoisotopic (exact) mass is 364 g/mol. The van der Waals surface area contributed by atoms with Gasteiger partial charge < -0.3 is 4.74 Å².